The van der Waals surface area contributed by atoms with Crippen LogP contribution in [0.2, 0.25) is 0 Å². The highest BCUT2D eigenvalue weighted by Crippen LogP contribution is 2.61. The van der Waals surface area contributed by atoms with Gasteiger partial charge in [-0.1, -0.05) is 18.2 Å². The molecule has 2 aromatic rings. The van der Waals surface area contributed by atoms with E-state index in [9.17, 15) is 9.59 Å². The van der Waals surface area contributed by atoms with Crippen LogP contribution in [0.15, 0.2) is 30.3 Å². The minimum absolute atomic E-state index is 0.0589. The van der Waals surface area contributed by atoms with Gasteiger partial charge in [-0.2, -0.15) is 0 Å². The number of carbonyl (C=O) groups is 2. The maximum Gasteiger partial charge on any atom is 0.286 e. The largest absolute Gasteiger partial charge is 0.350 e. The zero-order valence-corrected chi connectivity index (χ0v) is 14.9. The summed E-state index contributed by atoms with van der Waals surface area (Å²) in [6, 6.07) is 9.54. The molecular formula is C21H25N3O2. The molecule has 136 valence electrons. The quantitative estimate of drug-likeness (QED) is 0.740. The monoisotopic (exact) mass is 351 g/mol. The molecule has 4 bridgehead atoms. The number of H-pyrrole nitrogens is 1. The van der Waals surface area contributed by atoms with Gasteiger partial charge < -0.3 is 4.98 Å². The Hall–Kier alpha value is -2.30. The molecule has 5 heteroatoms. The van der Waals surface area contributed by atoms with Crippen LogP contribution < -0.4 is 10.9 Å². The van der Waals surface area contributed by atoms with Gasteiger partial charge in [0.1, 0.15) is 5.69 Å². The fraction of sp³-hybridized carbons (Fsp3) is 0.524. The number of carbonyl (C=O) groups excluding carboxylic acids is 2. The van der Waals surface area contributed by atoms with Gasteiger partial charge >= 0.3 is 0 Å². The predicted molar refractivity (Wildman–Crippen MR) is 99.1 cm³/mol. The summed E-state index contributed by atoms with van der Waals surface area (Å²) in [6.07, 6.45) is 8.25. The van der Waals surface area contributed by atoms with E-state index in [0.29, 0.717) is 12.1 Å². The first kappa shape index (κ1) is 15.9. The molecule has 1 heterocycles. The first-order chi connectivity index (χ1) is 12.6. The van der Waals surface area contributed by atoms with Crippen LogP contribution in [0, 0.1) is 23.2 Å². The molecular weight excluding hydrogens is 326 g/mol. The van der Waals surface area contributed by atoms with Crippen LogP contribution >= 0.6 is 0 Å². The first-order valence-electron chi connectivity index (χ1n) is 9.75. The number of aromatic nitrogens is 1. The third-order valence-electron chi connectivity index (χ3n) is 6.79. The zero-order valence-electron chi connectivity index (χ0n) is 14.9. The Kier molecular flexibility index (Phi) is 3.59. The second-order valence-electron chi connectivity index (χ2n) is 8.87. The molecule has 6 rings (SSSR count). The Morgan fingerprint density at radius 2 is 1.65 bits per heavy atom. The number of rotatable bonds is 3. The Morgan fingerprint density at radius 3 is 2.31 bits per heavy atom. The molecule has 4 aliphatic rings. The Bertz CT molecular complexity index is 801. The Balaban J connectivity index is 1.20. The summed E-state index contributed by atoms with van der Waals surface area (Å²) in [6.45, 7) is 0. The molecule has 0 saturated heterocycles. The van der Waals surface area contributed by atoms with Crippen LogP contribution in [0.1, 0.15) is 55.4 Å². The number of aromatic amines is 1. The molecule has 0 aliphatic heterocycles. The van der Waals surface area contributed by atoms with Gasteiger partial charge in [-0.3, -0.25) is 20.4 Å². The van der Waals surface area contributed by atoms with E-state index in [0.717, 1.165) is 28.7 Å². The Labute approximate surface area is 152 Å². The Morgan fingerprint density at radius 1 is 1.00 bits per heavy atom. The van der Waals surface area contributed by atoms with E-state index >= 15 is 0 Å². The average molecular weight is 351 g/mol. The van der Waals surface area contributed by atoms with Crippen molar-refractivity contribution in [3.05, 3.63) is 36.0 Å². The minimum Gasteiger partial charge on any atom is -0.350 e. The lowest BCUT2D eigenvalue weighted by atomic mass is 9.49. The summed E-state index contributed by atoms with van der Waals surface area (Å²) in [5.41, 5.74) is 6.77. The molecule has 0 radical (unpaired) electrons. The first-order valence-corrected chi connectivity index (χ1v) is 9.75. The number of hydrogen-bond acceptors (Lipinski definition) is 2. The third kappa shape index (κ3) is 2.79. The topological polar surface area (TPSA) is 74.0 Å². The van der Waals surface area contributed by atoms with Crippen molar-refractivity contribution in [2.75, 3.05) is 0 Å². The highest BCUT2D eigenvalue weighted by Gasteiger charge is 2.51. The van der Waals surface area contributed by atoms with Crippen LogP contribution in [0.3, 0.4) is 0 Å². The summed E-state index contributed by atoms with van der Waals surface area (Å²) in [4.78, 5) is 27.9. The fourth-order valence-corrected chi connectivity index (χ4v) is 6.28. The molecule has 3 N–H and O–H groups in total. The number of nitrogens with one attached hydrogen (secondary N) is 3. The molecule has 4 saturated carbocycles. The van der Waals surface area contributed by atoms with Crippen LogP contribution in [-0.2, 0) is 4.79 Å². The van der Waals surface area contributed by atoms with Crippen LogP contribution in [0.5, 0.6) is 0 Å². The zero-order chi connectivity index (χ0) is 17.7. The summed E-state index contributed by atoms with van der Waals surface area (Å²) < 4.78 is 0. The van der Waals surface area contributed by atoms with E-state index in [-0.39, 0.29) is 17.2 Å². The van der Waals surface area contributed by atoms with Crippen molar-refractivity contribution in [3.8, 4) is 0 Å². The average Bonchev–Trinajstić information content (AvgIpc) is 3.02. The second kappa shape index (κ2) is 5.86. The van der Waals surface area contributed by atoms with E-state index in [4.69, 9.17) is 0 Å². The SMILES string of the molecule is O=C(CC12CC3CC(CC(C3)C1)C2)NNC(=O)c1cc2ccccc2[nH]1. The van der Waals surface area contributed by atoms with E-state index in [1.807, 2.05) is 24.3 Å². The molecule has 0 spiro atoms. The molecule has 0 atom stereocenters. The minimum atomic E-state index is -0.305. The summed E-state index contributed by atoms with van der Waals surface area (Å²) >= 11 is 0. The standard InChI is InChI=1S/C21H25N3O2/c25-19(12-21-9-13-5-14(10-21)7-15(6-13)11-21)23-24-20(26)18-8-16-3-1-2-4-17(16)22-18/h1-4,8,13-15,22H,5-7,9-12H2,(H,23,25)(H,24,26). The lowest BCUT2D eigenvalue weighted by Gasteiger charge is -2.56. The van der Waals surface area contributed by atoms with Gasteiger partial charge in [0.25, 0.3) is 5.91 Å². The van der Waals surface area contributed by atoms with Crippen molar-refractivity contribution in [2.45, 2.75) is 44.9 Å². The maximum absolute atomic E-state index is 12.5. The maximum atomic E-state index is 12.5. The highest BCUT2D eigenvalue weighted by molar-refractivity contribution is 5.98. The van der Waals surface area contributed by atoms with Gasteiger partial charge in [0.2, 0.25) is 5.91 Å². The molecule has 1 aromatic carbocycles. The van der Waals surface area contributed by atoms with Crippen molar-refractivity contribution in [1.82, 2.24) is 15.8 Å². The van der Waals surface area contributed by atoms with Gasteiger partial charge in [0, 0.05) is 17.3 Å². The van der Waals surface area contributed by atoms with Gasteiger partial charge in [-0.25, -0.2) is 0 Å². The third-order valence-corrected chi connectivity index (χ3v) is 6.79. The highest BCUT2D eigenvalue weighted by atomic mass is 16.2. The number of hydrogen-bond donors (Lipinski definition) is 3. The number of hydrazine groups is 1. The molecule has 4 aliphatic carbocycles. The van der Waals surface area contributed by atoms with E-state index in [2.05, 4.69) is 15.8 Å². The summed E-state index contributed by atoms with van der Waals surface area (Å²) in [7, 11) is 0. The molecule has 4 fully saturated rings. The molecule has 26 heavy (non-hydrogen) atoms. The van der Waals surface area contributed by atoms with Crippen LogP contribution in [-0.4, -0.2) is 16.8 Å². The lowest BCUT2D eigenvalue weighted by molar-refractivity contribution is -0.130. The van der Waals surface area contributed by atoms with Crippen LogP contribution in [0.25, 0.3) is 10.9 Å². The number of fused-ring (bicyclic) bond motifs is 1. The summed E-state index contributed by atoms with van der Waals surface area (Å²) in [5.74, 6) is 2.12. The van der Waals surface area contributed by atoms with E-state index in [1.165, 1.54) is 38.5 Å². The molecule has 2 amide bonds. The fourth-order valence-electron chi connectivity index (χ4n) is 6.28. The van der Waals surface area contributed by atoms with E-state index in [1.54, 1.807) is 6.07 Å². The smallest absolute Gasteiger partial charge is 0.286 e. The van der Waals surface area contributed by atoms with Crippen molar-refractivity contribution in [1.29, 1.82) is 0 Å². The van der Waals surface area contributed by atoms with E-state index < -0.39 is 0 Å². The molecule has 1 aromatic heterocycles. The predicted octanol–water partition coefficient (Wildman–Crippen LogP) is 3.54. The van der Waals surface area contributed by atoms with Crippen molar-refractivity contribution in [2.24, 2.45) is 23.2 Å². The van der Waals surface area contributed by atoms with Crippen molar-refractivity contribution < 1.29 is 9.59 Å². The van der Waals surface area contributed by atoms with Gasteiger partial charge in [0.15, 0.2) is 0 Å². The molecule has 0 unspecified atom stereocenters. The lowest BCUT2D eigenvalue weighted by Crippen LogP contribution is -2.50. The van der Waals surface area contributed by atoms with Gasteiger partial charge in [0.05, 0.1) is 0 Å². The normalized spacial score (nSPS) is 31.9. The number of benzene rings is 1. The number of amides is 2. The summed E-state index contributed by atoms with van der Waals surface area (Å²) in [5, 5.41) is 0.984. The van der Waals surface area contributed by atoms with Crippen molar-refractivity contribution in [3.63, 3.8) is 0 Å². The van der Waals surface area contributed by atoms with Gasteiger partial charge in [-0.15, -0.1) is 0 Å². The van der Waals surface area contributed by atoms with Crippen LogP contribution in [0.4, 0.5) is 0 Å². The van der Waals surface area contributed by atoms with Gasteiger partial charge in [-0.05, 0) is 73.8 Å². The number of para-hydroxylation sites is 1. The second-order valence-corrected chi connectivity index (χ2v) is 8.87. The van der Waals surface area contributed by atoms with Crippen molar-refractivity contribution >= 4 is 22.7 Å². The molecule has 5 nitrogen and oxygen atoms in total.